The van der Waals surface area contributed by atoms with E-state index in [1.807, 2.05) is 6.92 Å². The topological polar surface area (TPSA) is 436 Å². The van der Waals surface area contributed by atoms with Gasteiger partial charge in [0.15, 0.2) is 0 Å². The first kappa shape index (κ1) is 67.6. The van der Waals surface area contributed by atoms with Gasteiger partial charge < -0.3 is 54.7 Å². The zero-order chi connectivity index (χ0) is 45.2. The summed E-state index contributed by atoms with van der Waals surface area (Å²) in [6.45, 7) is 0.960. The van der Waals surface area contributed by atoms with Crippen LogP contribution in [0, 0.1) is 0 Å². The van der Waals surface area contributed by atoms with Crippen molar-refractivity contribution in [3.05, 3.63) is 47.5 Å². The fourth-order valence-corrected chi connectivity index (χ4v) is 7.10. The van der Waals surface area contributed by atoms with Gasteiger partial charge in [0.05, 0.1) is 57.4 Å². The predicted molar refractivity (Wildman–Crippen MR) is 212 cm³/mol. The summed E-state index contributed by atoms with van der Waals surface area (Å²) in [5.74, 6) is -3.99. The Morgan fingerprint density at radius 3 is 0.970 bits per heavy atom. The molecule has 0 bridgehead atoms. The number of benzene rings is 2. The van der Waals surface area contributed by atoms with E-state index in [0.29, 0.717) is 13.0 Å². The fourth-order valence-electron chi connectivity index (χ4n) is 4.65. The molecule has 0 aliphatic heterocycles. The van der Waals surface area contributed by atoms with Crippen LogP contribution < -0.4 is 180 Å². The molecular weight excluding hydrogens is 1030 g/mol. The monoisotopic (exact) mass is 1060 g/mol. The molecule has 27 nitrogen and oxygen atoms in total. The molecule has 0 atom stereocenters. The van der Waals surface area contributed by atoms with Crippen molar-refractivity contribution in [1.82, 2.24) is 29.9 Å². The van der Waals surface area contributed by atoms with E-state index < -0.39 is 90.7 Å². The van der Waals surface area contributed by atoms with Crippen molar-refractivity contribution >= 4 is 110 Å². The van der Waals surface area contributed by atoms with Crippen LogP contribution in [0.15, 0.2) is 46.2 Å². The minimum Gasteiger partial charge on any atom is -0.748 e. The van der Waals surface area contributed by atoms with Gasteiger partial charge in [-0.1, -0.05) is 31.2 Å². The van der Waals surface area contributed by atoms with E-state index in [0.717, 1.165) is 36.4 Å². The average Bonchev–Trinajstić information content (AvgIpc) is 3.11. The summed E-state index contributed by atoms with van der Waals surface area (Å²) < 4.78 is 173. The Bertz CT molecular complexity index is 2800. The van der Waals surface area contributed by atoms with Crippen molar-refractivity contribution in [2.24, 2.45) is 0 Å². The predicted octanol–water partition coefficient (Wildman–Crippen LogP) is -15.8. The molecule has 0 saturated heterocycles. The maximum Gasteiger partial charge on any atom is 1.00 e. The van der Waals surface area contributed by atoms with Gasteiger partial charge in [0.1, 0.15) is 20.2 Å². The first-order valence-corrected chi connectivity index (χ1v) is 24.5. The third kappa shape index (κ3) is 25.1. The molecular formula is C29H33N12Na5O15S5. The Kier molecular flexibility index (Phi) is 30.5. The van der Waals surface area contributed by atoms with Crippen molar-refractivity contribution in [1.29, 1.82) is 0 Å². The Labute approximate surface area is 491 Å². The second-order valence-corrected chi connectivity index (χ2v) is 19.4. The third-order valence-corrected chi connectivity index (χ3v) is 11.1. The molecule has 0 spiro atoms. The molecule has 2 aromatic heterocycles. The first-order valence-electron chi connectivity index (χ1n) is 17.0. The molecule has 0 radical (unpaired) electrons. The van der Waals surface area contributed by atoms with Crippen LogP contribution in [0.25, 0.3) is 12.2 Å². The van der Waals surface area contributed by atoms with Crippen LogP contribution in [-0.2, 0) is 50.6 Å². The molecule has 0 aliphatic rings. The quantitative estimate of drug-likeness (QED) is 0.0228. The molecule has 4 rings (SSSR count). The molecule has 0 unspecified atom stereocenters. The van der Waals surface area contributed by atoms with E-state index in [1.54, 1.807) is 0 Å². The van der Waals surface area contributed by atoms with E-state index in [2.05, 4.69) is 61.8 Å². The molecule has 0 fully saturated rings. The maximum absolute atomic E-state index is 12.4. The number of anilines is 8. The average molecular weight is 1060 g/mol. The van der Waals surface area contributed by atoms with Gasteiger partial charge in [-0.15, -0.1) is 0 Å². The van der Waals surface area contributed by atoms with Crippen molar-refractivity contribution in [3.8, 4) is 0 Å². The number of nitrogens with one attached hydrogen (secondary N) is 6. The van der Waals surface area contributed by atoms with E-state index in [-0.39, 0.29) is 213 Å². The molecule has 2 aromatic carbocycles. The summed E-state index contributed by atoms with van der Waals surface area (Å²) in [4.78, 5) is 22.4. The van der Waals surface area contributed by atoms with Crippen LogP contribution in [0.4, 0.5) is 47.1 Å². The van der Waals surface area contributed by atoms with Crippen molar-refractivity contribution < 1.29 is 213 Å². The number of hydrogen-bond donors (Lipinski definition) is 6. The Hall–Kier alpha value is -0.450. The number of aromatic nitrogens is 6. The molecule has 0 saturated carbocycles. The molecule has 4 aromatic rings. The standard InChI is InChI=1S/C29H38N12O15S5.5Na/c1-2-9-30-24-36-25(31-10-13-57(42,43)44)39-28(38-24)34-20-7-5-18(22(16-20)60(51,52)53)3-4-19-6-8-21(17-23(19)61(54,55)56)35-29-40-26(32-11-14-58(45,46)47)37-27(41-29)33-12-15-59(48,49)50;;;;;/h3-8,16-17H,2,9-15H2,1H3,(H,42,43,44)(H,45,46,47)(H,48,49,50)(H,51,52,53)(H,54,55,56)(H3,30,31,34,36,38,39)(H3,32,33,35,37,40,41);;;;;/q;5*+1/p-5/b4-3+;;;;;. The van der Waals surface area contributed by atoms with Crippen LogP contribution in [0.5, 0.6) is 0 Å². The van der Waals surface area contributed by atoms with Gasteiger partial charge in [-0.3, -0.25) is 0 Å². The maximum atomic E-state index is 12.4. The second kappa shape index (κ2) is 29.8. The van der Waals surface area contributed by atoms with Crippen molar-refractivity contribution in [2.75, 3.05) is 75.3 Å². The second-order valence-electron chi connectivity index (χ2n) is 12.1. The van der Waals surface area contributed by atoms with Gasteiger partial charge in [-0.25, -0.2) is 42.1 Å². The minimum atomic E-state index is -5.28. The normalized spacial score (nSPS) is 11.6. The van der Waals surface area contributed by atoms with E-state index in [9.17, 15) is 64.9 Å². The van der Waals surface area contributed by atoms with Gasteiger partial charge in [-0.2, -0.15) is 29.9 Å². The Morgan fingerprint density at radius 1 is 0.439 bits per heavy atom. The summed E-state index contributed by atoms with van der Waals surface area (Å²) in [6, 6.07) is 6.57. The Morgan fingerprint density at radius 2 is 0.712 bits per heavy atom. The zero-order valence-electron chi connectivity index (χ0n) is 36.1. The van der Waals surface area contributed by atoms with Gasteiger partial charge in [0.2, 0.25) is 35.7 Å². The first-order chi connectivity index (χ1) is 28.3. The fraction of sp³-hybridized carbons (Fsp3) is 0.310. The summed E-state index contributed by atoms with van der Waals surface area (Å²) in [5.41, 5.74) is -0.708. The minimum absolute atomic E-state index is 0. The zero-order valence-corrected chi connectivity index (χ0v) is 50.2. The SMILES string of the molecule is CCCNc1nc(NCCS(=O)(=O)[O-])nc(Nc2ccc(/C=C/c3ccc(Nc4nc(NCCS(=O)(=O)[O-])nc(NCCS(=O)(=O)[O-])n4)cc3S(=O)(=O)[O-])c(S(=O)(=O)[O-])c2)n1.[Na+].[Na+].[Na+].[Na+].[Na+]. The molecule has 334 valence electrons. The summed E-state index contributed by atoms with van der Waals surface area (Å²) >= 11 is 0. The summed E-state index contributed by atoms with van der Waals surface area (Å²) in [7, 11) is -24.4. The van der Waals surface area contributed by atoms with Crippen LogP contribution in [-0.4, -0.2) is 138 Å². The molecule has 66 heavy (non-hydrogen) atoms. The molecule has 6 N–H and O–H groups in total. The van der Waals surface area contributed by atoms with Crippen LogP contribution in [0.1, 0.15) is 24.5 Å². The van der Waals surface area contributed by atoms with Crippen LogP contribution in [0.2, 0.25) is 0 Å². The summed E-state index contributed by atoms with van der Waals surface area (Å²) in [5, 5.41) is 15.6. The number of hydrogen-bond acceptors (Lipinski definition) is 27. The smallest absolute Gasteiger partial charge is 0.748 e. The van der Waals surface area contributed by atoms with E-state index >= 15 is 0 Å². The summed E-state index contributed by atoms with van der Waals surface area (Å²) in [6.07, 6.45) is 2.73. The van der Waals surface area contributed by atoms with Gasteiger partial charge in [0, 0.05) is 37.6 Å². The largest absolute Gasteiger partial charge is 1.00 e. The van der Waals surface area contributed by atoms with Gasteiger partial charge in [0.25, 0.3) is 0 Å². The van der Waals surface area contributed by atoms with E-state index in [1.165, 1.54) is 12.1 Å². The number of rotatable bonds is 23. The van der Waals surface area contributed by atoms with Gasteiger partial charge in [-0.05, 0) is 41.8 Å². The van der Waals surface area contributed by atoms with Gasteiger partial charge >= 0.3 is 148 Å². The third-order valence-electron chi connectivity index (χ3n) is 7.23. The molecule has 0 amide bonds. The molecule has 2 heterocycles. The molecule has 37 heteroatoms. The number of nitrogens with zero attached hydrogens (tertiary/aromatic N) is 6. The van der Waals surface area contributed by atoms with Crippen LogP contribution in [0.3, 0.4) is 0 Å². The molecule has 0 aliphatic carbocycles. The van der Waals surface area contributed by atoms with Crippen LogP contribution >= 0.6 is 0 Å². The van der Waals surface area contributed by atoms with Crippen molar-refractivity contribution in [3.63, 3.8) is 0 Å². The Balaban J connectivity index is 0. The van der Waals surface area contributed by atoms with E-state index in [4.69, 9.17) is 0 Å². The van der Waals surface area contributed by atoms with Crippen molar-refractivity contribution in [2.45, 2.75) is 23.1 Å².